The first-order valence-corrected chi connectivity index (χ1v) is 7.05. The van der Waals surface area contributed by atoms with Gasteiger partial charge in [-0.15, -0.1) is 0 Å². The van der Waals surface area contributed by atoms with Crippen molar-refractivity contribution in [2.45, 2.75) is 13.5 Å². The number of hydrogen-bond acceptors (Lipinski definition) is 4. The van der Waals surface area contributed by atoms with Crippen molar-refractivity contribution in [3.05, 3.63) is 36.3 Å². The summed E-state index contributed by atoms with van der Waals surface area (Å²) in [5.74, 6) is 0.575. The van der Waals surface area contributed by atoms with E-state index in [2.05, 4.69) is 33.1 Å². The van der Waals surface area contributed by atoms with E-state index in [-0.39, 0.29) is 0 Å². The van der Waals surface area contributed by atoms with Gasteiger partial charge in [0.05, 0.1) is 25.1 Å². The highest BCUT2D eigenvalue weighted by atomic mass is 16.5. The molecule has 1 saturated heterocycles. The first-order chi connectivity index (χ1) is 9.83. The van der Waals surface area contributed by atoms with Gasteiger partial charge >= 0.3 is 0 Å². The van der Waals surface area contributed by atoms with Gasteiger partial charge in [0.1, 0.15) is 0 Å². The topological polar surface area (TPSA) is 54.0 Å². The van der Waals surface area contributed by atoms with Crippen LogP contribution in [0, 0.1) is 5.92 Å². The summed E-state index contributed by atoms with van der Waals surface area (Å²) in [5.41, 5.74) is 3.36. The lowest BCUT2D eigenvalue weighted by atomic mass is 10.1. The van der Waals surface area contributed by atoms with E-state index < -0.39 is 0 Å². The van der Waals surface area contributed by atoms with E-state index in [1.165, 1.54) is 5.56 Å². The molecule has 106 valence electrons. The fraction of sp³-hybridized carbons (Fsp3) is 0.467. The molecule has 1 aliphatic rings. The molecule has 1 aliphatic heterocycles. The third-order valence-corrected chi connectivity index (χ3v) is 3.59. The summed E-state index contributed by atoms with van der Waals surface area (Å²) in [6.45, 7) is 6.84. The van der Waals surface area contributed by atoms with E-state index in [0.29, 0.717) is 5.92 Å². The SMILES string of the molecule is CC1COCCN(Cc2cn[nH]c2-c2cccnc2)C1. The summed E-state index contributed by atoms with van der Waals surface area (Å²) in [4.78, 5) is 6.61. The third-order valence-electron chi connectivity index (χ3n) is 3.59. The monoisotopic (exact) mass is 272 g/mol. The Morgan fingerprint density at radius 1 is 1.45 bits per heavy atom. The molecule has 0 bridgehead atoms. The lowest BCUT2D eigenvalue weighted by Gasteiger charge is -2.21. The van der Waals surface area contributed by atoms with Crippen LogP contribution in [0.2, 0.25) is 0 Å². The van der Waals surface area contributed by atoms with E-state index >= 15 is 0 Å². The molecule has 0 spiro atoms. The van der Waals surface area contributed by atoms with Crippen molar-refractivity contribution in [2.24, 2.45) is 5.92 Å². The summed E-state index contributed by atoms with van der Waals surface area (Å²) in [7, 11) is 0. The summed E-state index contributed by atoms with van der Waals surface area (Å²) >= 11 is 0. The molecule has 0 amide bonds. The second-order valence-corrected chi connectivity index (χ2v) is 5.43. The van der Waals surface area contributed by atoms with Crippen molar-refractivity contribution in [3.8, 4) is 11.3 Å². The van der Waals surface area contributed by atoms with E-state index in [4.69, 9.17) is 4.74 Å². The maximum Gasteiger partial charge on any atom is 0.0710 e. The fourth-order valence-corrected chi connectivity index (χ4v) is 2.64. The van der Waals surface area contributed by atoms with Gasteiger partial charge in [-0.2, -0.15) is 5.10 Å². The van der Waals surface area contributed by atoms with E-state index in [1.807, 2.05) is 18.5 Å². The van der Waals surface area contributed by atoms with Crippen LogP contribution in [0.15, 0.2) is 30.7 Å². The van der Waals surface area contributed by atoms with Crippen LogP contribution >= 0.6 is 0 Å². The van der Waals surface area contributed by atoms with Crippen LogP contribution in [0.3, 0.4) is 0 Å². The number of ether oxygens (including phenoxy) is 1. The molecular formula is C15H20N4O. The molecule has 1 atom stereocenters. The van der Waals surface area contributed by atoms with Gasteiger partial charge in [-0.05, 0) is 18.1 Å². The number of nitrogens with one attached hydrogen (secondary N) is 1. The molecule has 1 N–H and O–H groups in total. The average molecular weight is 272 g/mol. The Morgan fingerprint density at radius 2 is 2.40 bits per heavy atom. The minimum absolute atomic E-state index is 0.575. The van der Waals surface area contributed by atoms with Crippen molar-refractivity contribution < 1.29 is 4.74 Å². The minimum atomic E-state index is 0.575. The average Bonchev–Trinajstić information content (AvgIpc) is 2.82. The van der Waals surface area contributed by atoms with Gasteiger partial charge in [0.2, 0.25) is 0 Å². The van der Waals surface area contributed by atoms with Crippen molar-refractivity contribution in [2.75, 3.05) is 26.3 Å². The maximum absolute atomic E-state index is 5.60. The zero-order valence-electron chi connectivity index (χ0n) is 11.7. The standard InChI is InChI=1S/C15H20N4O/c1-12-9-19(5-6-20-11-12)10-14-8-17-18-15(14)13-3-2-4-16-7-13/h2-4,7-8,12H,5-6,9-11H2,1H3,(H,17,18). The highest BCUT2D eigenvalue weighted by molar-refractivity contribution is 5.61. The zero-order valence-corrected chi connectivity index (χ0v) is 11.7. The summed E-state index contributed by atoms with van der Waals surface area (Å²) in [5, 5.41) is 7.29. The lowest BCUT2D eigenvalue weighted by molar-refractivity contribution is 0.125. The summed E-state index contributed by atoms with van der Waals surface area (Å²) in [6.07, 6.45) is 5.57. The largest absolute Gasteiger partial charge is 0.380 e. The molecule has 0 saturated carbocycles. The molecule has 0 radical (unpaired) electrons. The highest BCUT2D eigenvalue weighted by Crippen LogP contribution is 2.22. The van der Waals surface area contributed by atoms with Crippen LogP contribution in [0.25, 0.3) is 11.3 Å². The van der Waals surface area contributed by atoms with Crippen LogP contribution in [0.1, 0.15) is 12.5 Å². The van der Waals surface area contributed by atoms with Crippen LogP contribution in [-0.4, -0.2) is 46.4 Å². The summed E-state index contributed by atoms with van der Waals surface area (Å²) in [6, 6.07) is 4.00. The van der Waals surface area contributed by atoms with E-state index in [1.54, 1.807) is 6.20 Å². The van der Waals surface area contributed by atoms with Crippen molar-refractivity contribution in [1.82, 2.24) is 20.1 Å². The molecule has 5 nitrogen and oxygen atoms in total. The Bertz CT molecular complexity index is 540. The molecule has 3 heterocycles. The van der Waals surface area contributed by atoms with Gasteiger partial charge in [0.15, 0.2) is 0 Å². The van der Waals surface area contributed by atoms with Crippen LogP contribution in [0.4, 0.5) is 0 Å². The number of aromatic nitrogens is 3. The predicted octanol–water partition coefficient (Wildman–Crippen LogP) is 1.94. The van der Waals surface area contributed by atoms with Gasteiger partial charge in [-0.3, -0.25) is 15.0 Å². The molecule has 3 rings (SSSR count). The second kappa shape index (κ2) is 6.15. The molecule has 0 aromatic carbocycles. The molecule has 20 heavy (non-hydrogen) atoms. The Hall–Kier alpha value is -1.72. The number of aromatic amines is 1. The summed E-state index contributed by atoms with van der Waals surface area (Å²) < 4.78 is 5.60. The van der Waals surface area contributed by atoms with Gasteiger partial charge in [-0.25, -0.2) is 0 Å². The lowest BCUT2D eigenvalue weighted by Crippen LogP contribution is -2.28. The molecule has 0 aliphatic carbocycles. The highest BCUT2D eigenvalue weighted by Gasteiger charge is 2.17. The Balaban J connectivity index is 1.76. The first-order valence-electron chi connectivity index (χ1n) is 7.05. The van der Waals surface area contributed by atoms with Gasteiger partial charge in [-0.1, -0.05) is 6.92 Å². The fourth-order valence-electron chi connectivity index (χ4n) is 2.64. The van der Waals surface area contributed by atoms with Gasteiger partial charge in [0.25, 0.3) is 0 Å². The van der Waals surface area contributed by atoms with Crippen LogP contribution < -0.4 is 0 Å². The maximum atomic E-state index is 5.60. The molecule has 2 aromatic rings. The van der Waals surface area contributed by atoms with Gasteiger partial charge in [0, 0.05) is 43.2 Å². The second-order valence-electron chi connectivity index (χ2n) is 5.43. The van der Waals surface area contributed by atoms with Gasteiger partial charge < -0.3 is 4.74 Å². The minimum Gasteiger partial charge on any atom is -0.380 e. The molecule has 5 heteroatoms. The molecular weight excluding hydrogens is 252 g/mol. The van der Waals surface area contributed by atoms with Crippen molar-refractivity contribution in [3.63, 3.8) is 0 Å². The normalized spacial score (nSPS) is 20.8. The van der Waals surface area contributed by atoms with E-state index in [0.717, 1.165) is 44.1 Å². The zero-order chi connectivity index (χ0) is 13.8. The number of pyridine rings is 1. The number of rotatable bonds is 3. The Labute approximate surface area is 119 Å². The smallest absolute Gasteiger partial charge is 0.0710 e. The van der Waals surface area contributed by atoms with Crippen LogP contribution in [-0.2, 0) is 11.3 Å². The van der Waals surface area contributed by atoms with Crippen LogP contribution in [0.5, 0.6) is 0 Å². The molecule has 2 aromatic heterocycles. The molecule has 1 unspecified atom stereocenters. The van der Waals surface area contributed by atoms with Crippen molar-refractivity contribution in [1.29, 1.82) is 0 Å². The quantitative estimate of drug-likeness (QED) is 0.927. The Morgan fingerprint density at radius 3 is 3.25 bits per heavy atom. The number of hydrogen-bond donors (Lipinski definition) is 1. The van der Waals surface area contributed by atoms with Crippen molar-refractivity contribution >= 4 is 0 Å². The number of H-pyrrole nitrogens is 1. The number of nitrogens with zero attached hydrogens (tertiary/aromatic N) is 3. The first kappa shape index (κ1) is 13.3. The molecule has 1 fully saturated rings. The van der Waals surface area contributed by atoms with E-state index in [9.17, 15) is 0 Å². The third kappa shape index (κ3) is 3.05. The predicted molar refractivity (Wildman–Crippen MR) is 77.1 cm³/mol. The Kier molecular flexibility index (Phi) is 4.08.